The van der Waals surface area contributed by atoms with Crippen molar-refractivity contribution in [2.24, 2.45) is 0 Å². The summed E-state index contributed by atoms with van der Waals surface area (Å²) in [4.78, 5) is 39.6. The molecule has 30 heavy (non-hydrogen) atoms. The van der Waals surface area contributed by atoms with Crippen molar-refractivity contribution in [2.75, 3.05) is 33.4 Å². The van der Waals surface area contributed by atoms with E-state index in [2.05, 4.69) is 16.0 Å². The van der Waals surface area contributed by atoms with Crippen LogP contribution in [0, 0.1) is 0 Å². The molecule has 3 N–H and O–H groups in total. The molecule has 2 aliphatic heterocycles. The van der Waals surface area contributed by atoms with Gasteiger partial charge in [-0.2, -0.15) is 0 Å². The van der Waals surface area contributed by atoms with Crippen molar-refractivity contribution in [3.05, 3.63) is 41.1 Å². The number of nitrogens with one attached hydrogen (secondary N) is 3. The van der Waals surface area contributed by atoms with E-state index < -0.39 is 23.6 Å². The Hall–Kier alpha value is -3.07. The molecule has 0 aliphatic carbocycles. The van der Waals surface area contributed by atoms with Gasteiger partial charge < -0.3 is 25.4 Å². The fraction of sp³-hybridized carbons (Fsp3) is 0.476. The fourth-order valence-electron chi connectivity index (χ4n) is 3.65. The number of methoxy groups -OCH3 is 1. The van der Waals surface area contributed by atoms with E-state index in [-0.39, 0.29) is 19.1 Å². The number of nitrogens with zero attached hydrogens (tertiary/aromatic N) is 1. The third-order valence-electron chi connectivity index (χ3n) is 5.46. The van der Waals surface area contributed by atoms with Crippen molar-refractivity contribution >= 4 is 17.9 Å². The molecular formula is C21H28N4O5. The van der Waals surface area contributed by atoms with Crippen molar-refractivity contribution in [2.45, 2.75) is 32.4 Å². The normalized spacial score (nSPS) is 21.4. The zero-order valence-corrected chi connectivity index (χ0v) is 17.7. The van der Waals surface area contributed by atoms with Gasteiger partial charge in [0.15, 0.2) is 0 Å². The number of benzene rings is 1. The maximum Gasteiger partial charge on any atom is 0.338 e. The van der Waals surface area contributed by atoms with Gasteiger partial charge in [0.2, 0.25) is 5.91 Å². The minimum Gasteiger partial charge on any atom is -0.497 e. The summed E-state index contributed by atoms with van der Waals surface area (Å²) in [6.07, 6.45) is 0. The van der Waals surface area contributed by atoms with E-state index in [1.165, 1.54) is 0 Å². The van der Waals surface area contributed by atoms with Crippen LogP contribution in [-0.4, -0.2) is 61.7 Å². The van der Waals surface area contributed by atoms with Crippen LogP contribution < -0.4 is 20.7 Å². The van der Waals surface area contributed by atoms with E-state index in [1.54, 1.807) is 38.3 Å². The highest BCUT2D eigenvalue weighted by Gasteiger charge is 2.40. The Balaban J connectivity index is 2.02. The molecule has 3 rings (SSSR count). The quantitative estimate of drug-likeness (QED) is 0.599. The second-order valence-electron chi connectivity index (χ2n) is 7.65. The van der Waals surface area contributed by atoms with Crippen LogP contribution in [0.1, 0.15) is 32.4 Å². The molecule has 2 heterocycles. The van der Waals surface area contributed by atoms with E-state index in [4.69, 9.17) is 9.47 Å². The molecular weight excluding hydrogens is 388 g/mol. The first-order valence-electron chi connectivity index (χ1n) is 9.93. The lowest BCUT2D eigenvalue weighted by atomic mass is 9.93. The third-order valence-corrected chi connectivity index (χ3v) is 5.46. The number of rotatable bonds is 6. The van der Waals surface area contributed by atoms with Crippen LogP contribution in [0.2, 0.25) is 0 Å². The predicted octanol–water partition coefficient (Wildman–Crippen LogP) is 1.08. The highest BCUT2D eigenvalue weighted by Crippen LogP contribution is 2.30. The number of esters is 1. The van der Waals surface area contributed by atoms with E-state index in [0.717, 1.165) is 5.56 Å². The molecule has 0 radical (unpaired) electrons. The Kier molecular flexibility index (Phi) is 6.31. The standard InChI is InChI=1S/C21H28N4O5/c1-5-30-18(26)16-15(12-25-11-10-22-19(27)21(25,2)3)23-20(28)24-17(16)13-6-8-14(29-4)9-7-13/h6-9,17H,5,10-12H2,1-4H3,(H,22,27)(H2,23,24,28). The lowest BCUT2D eigenvalue weighted by Gasteiger charge is -2.42. The van der Waals surface area contributed by atoms with Gasteiger partial charge in [0.1, 0.15) is 5.75 Å². The smallest absolute Gasteiger partial charge is 0.338 e. The lowest BCUT2D eigenvalue weighted by molar-refractivity contribution is -0.139. The Morgan fingerprint density at radius 3 is 2.57 bits per heavy atom. The Morgan fingerprint density at radius 2 is 1.93 bits per heavy atom. The minimum atomic E-state index is -0.782. The van der Waals surface area contributed by atoms with Gasteiger partial charge in [-0.1, -0.05) is 12.1 Å². The van der Waals surface area contributed by atoms with Crippen LogP contribution in [-0.2, 0) is 14.3 Å². The fourth-order valence-corrected chi connectivity index (χ4v) is 3.65. The molecule has 3 amide bonds. The number of hydrogen-bond acceptors (Lipinski definition) is 6. The third kappa shape index (κ3) is 4.25. The number of ether oxygens (including phenoxy) is 2. The number of amides is 3. The van der Waals surface area contributed by atoms with E-state index in [1.807, 2.05) is 18.7 Å². The Bertz CT molecular complexity index is 863. The van der Waals surface area contributed by atoms with Gasteiger partial charge in [-0.05, 0) is 38.5 Å². The van der Waals surface area contributed by atoms with Crippen LogP contribution in [0.25, 0.3) is 0 Å². The Morgan fingerprint density at radius 1 is 1.23 bits per heavy atom. The molecule has 2 aliphatic rings. The molecule has 1 unspecified atom stereocenters. The predicted molar refractivity (Wildman–Crippen MR) is 110 cm³/mol. The summed E-state index contributed by atoms with van der Waals surface area (Å²) in [6, 6.07) is 6.03. The summed E-state index contributed by atoms with van der Waals surface area (Å²) in [5.41, 5.74) is 0.696. The number of carbonyl (C=O) groups excluding carboxylic acids is 3. The molecule has 162 valence electrons. The molecule has 1 atom stereocenters. The second kappa shape index (κ2) is 8.74. The topological polar surface area (TPSA) is 109 Å². The molecule has 9 nitrogen and oxygen atoms in total. The van der Waals surface area contributed by atoms with Gasteiger partial charge in [-0.15, -0.1) is 0 Å². The number of carbonyl (C=O) groups is 3. The zero-order chi connectivity index (χ0) is 21.9. The monoisotopic (exact) mass is 416 g/mol. The van der Waals surface area contributed by atoms with Crippen molar-refractivity contribution in [1.29, 1.82) is 0 Å². The van der Waals surface area contributed by atoms with Gasteiger partial charge in [0.25, 0.3) is 0 Å². The van der Waals surface area contributed by atoms with Crippen LogP contribution in [0.3, 0.4) is 0 Å². The molecule has 0 spiro atoms. The maximum atomic E-state index is 12.9. The summed E-state index contributed by atoms with van der Waals surface area (Å²) in [5.74, 6) is 0.0565. The molecule has 0 saturated carbocycles. The first-order valence-corrected chi connectivity index (χ1v) is 9.93. The maximum absolute atomic E-state index is 12.9. The average Bonchev–Trinajstić information content (AvgIpc) is 2.71. The van der Waals surface area contributed by atoms with E-state index >= 15 is 0 Å². The summed E-state index contributed by atoms with van der Waals surface area (Å²) < 4.78 is 10.5. The molecule has 9 heteroatoms. The zero-order valence-electron chi connectivity index (χ0n) is 17.7. The molecule has 0 aromatic heterocycles. The summed E-state index contributed by atoms with van der Waals surface area (Å²) in [6.45, 7) is 6.89. The summed E-state index contributed by atoms with van der Waals surface area (Å²) in [7, 11) is 1.57. The highest BCUT2D eigenvalue weighted by atomic mass is 16.5. The first kappa shape index (κ1) is 21.6. The molecule has 1 aromatic rings. The molecule has 0 bridgehead atoms. The van der Waals surface area contributed by atoms with Crippen molar-refractivity contribution < 1.29 is 23.9 Å². The number of piperazine rings is 1. The summed E-state index contributed by atoms with van der Waals surface area (Å²) in [5, 5.41) is 8.42. The lowest BCUT2D eigenvalue weighted by Crippen LogP contribution is -2.63. The van der Waals surface area contributed by atoms with Crippen molar-refractivity contribution in [3.8, 4) is 5.75 Å². The first-order chi connectivity index (χ1) is 14.3. The van der Waals surface area contributed by atoms with Gasteiger partial charge in [-0.25, -0.2) is 9.59 Å². The average molecular weight is 416 g/mol. The Labute approximate surface area is 175 Å². The van der Waals surface area contributed by atoms with Crippen molar-refractivity contribution in [3.63, 3.8) is 0 Å². The number of hydrogen-bond donors (Lipinski definition) is 3. The van der Waals surface area contributed by atoms with Crippen LogP contribution in [0.15, 0.2) is 35.5 Å². The van der Waals surface area contributed by atoms with Gasteiger partial charge in [-0.3, -0.25) is 9.69 Å². The van der Waals surface area contributed by atoms with Gasteiger partial charge in [0, 0.05) is 25.3 Å². The minimum absolute atomic E-state index is 0.0981. The van der Waals surface area contributed by atoms with Crippen LogP contribution in [0.4, 0.5) is 4.79 Å². The highest BCUT2D eigenvalue weighted by molar-refractivity contribution is 5.95. The number of urea groups is 1. The molecule has 1 fully saturated rings. The largest absolute Gasteiger partial charge is 0.497 e. The van der Waals surface area contributed by atoms with E-state index in [0.29, 0.717) is 30.1 Å². The van der Waals surface area contributed by atoms with Crippen LogP contribution in [0.5, 0.6) is 5.75 Å². The van der Waals surface area contributed by atoms with Crippen molar-refractivity contribution in [1.82, 2.24) is 20.9 Å². The van der Waals surface area contributed by atoms with Gasteiger partial charge >= 0.3 is 12.0 Å². The van der Waals surface area contributed by atoms with Gasteiger partial charge in [0.05, 0.1) is 30.9 Å². The molecule has 1 saturated heterocycles. The SMILES string of the molecule is CCOC(=O)C1=C(CN2CCNC(=O)C2(C)C)NC(=O)NC1c1ccc(OC)cc1. The second-order valence-corrected chi connectivity index (χ2v) is 7.65. The molecule has 1 aromatic carbocycles. The summed E-state index contributed by atoms with van der Waals surface area (Å²) >= 11 is 0. The van der Waals surface area contributed by atoms with Crippen LogP contribution >= 0.6 is 0 Å². The van der Waals surface area contributed by atoms with E-state index in [9.17, 15) is 14.4 Å².